The lowest BCUT2D eigenvalue weighted by molar-refractivity contribution is -0.121. The third-order valence-electron chi connectivity index (χ3n) is 5.52. The number of amides is 1. The van der Waals surface area contributed by atoms with Crippen molar-refractivity contribution in [3.8, 4) is 17.0 Å². The minimum absolute atomic E-state index is 0.0779. The number of ether oxygens (including phenoxy) is 1. The van der Waals surface area contributed by atoms with Gasteiger partial charge in [0.25, 0.3) is 0 Å². The molecule has 0 unspecified atom stereocenters. The molecule has 3 heterocycles. The van der Waals surface area contributed by atoms with E-state index < -0.39 is 0 Å². The van der Waals surface area contributed by atoms with Crippen LogP contribution in [-0.2, 0) is 11.2 Å². The lowest BCUT2D eigenvalue weighted by Crippen LogP contribution is -2.25. The molecule has 0 atom stereocenters. The number of aryl methyl sites for hydroxylation is 1. The summed E-state index contributed by atoms with van der Waals surface area (Å²) in [7, 11) is 0. The summed E-state index contributed by atoms with van der Waals surface area (Å²) in [6.07, 6.45) is 9.12. The van der Waals surface area contributed by atoms with E-state index >= 15 is 0 Å². The minimum Gasteiger partial charge on any atom is -0.494 e. The average Bonchev–Trinajstić information content (AvgIpc) is 3.33. The predicted octanol–water partition coefficient (Wildman–Crippen LogP) is 3.43. The number of hydrogen-bond acceptors (Lipinski definition) is 5. The van der Waals surface area contributed by atoms with E-state index in [0.29, 0.717) is 18.9 Å². The maximum atomic E-state index is 12.0. The van der Waals surface area contributed by atoms with Gasteiger partial charge in [-0.25, -0.2) is 4.52 Å². The van der Waals surface area contributed by atoms with E-state index in [1.165, 1.54) is 0 Å². The highest BCUT2D eigenvalue weighted by atomic mass is 16.5. The normalized spacial score (nSPS) is 13.7. The highest BCUT2D eigenvalue weighted by Gasteiger charge is 2.23. The van der Waals surface area contributed by atoms with E-state index in [1.54, 1.807) is 0 Å². The van der Waals surface area contributed by atoms with Crippen molar-refractivity contribution in [2.75, 3.05) is 6.61 Å². The summed E-state index contributed by atoms with van der Waals surface area (Å²) in [6, 6.07) is 10.4. The summed E-state index contributed by atoms with van der Waals surface area (Å²) >= 11 is 0. The summed E-state index contributed by atoms with van der Waals surface area (Å²) in [4.78, 5) is 12.0. The molecule has 4 aromatic rings. The van der Waals surface area contributed by atoms with Crippen LogP contribution in [0, 0.1) is 0 Å². The molecule has 5 rings (SSSR count). The number of hydrogen-bond donors (Lipinski definition) is 1. The van der Waals surface area contributed by atoms with E-state index in [9.17, 15) is 4.79 Å². The van der Waals surface area contributed by atoms with Gasteiger partial charge in [-0.3, -0.25) is 9.20 Å². The molecule has 1 amide bonds. The van der Waals surface area contributed by atoms with Crippen molar-refractivity contribution in [2.45, 2.75) is 51.5 Å². The second-order valence-electron chi connectivity index (χ2n) is 8.04. The van der Waals surface area contributed by atoms with Gasteiger partial charge in [-0.15, -0.1) is 10.2 Å². The largest absolute Gasteiger partial charge is 0.494 e. The number of rotatable bonds is 9. The van der Waals surface area contributed by atoms with Gasteiger partial charge in [-0.2, -0.15) is 5.10 Å². The molecule has 1 saturated carbocycles. The van der Waals surface area contributed by atoms with E-state index in [1.807, 2.05) is 51.6 Å². The molecule has 0 saturated heterocycles. The van der Waals surface area contributed by atoms with Crippen LogP contribution in [0.5, 0.6) is 5.75 Å². The summed E-state index contributed by atoms with van der Waals surface area (Å²) in [5.74, 6) is 1.73. The van der Waals surface area contributed by atoms with Crippen molar-refractivity contribution in [3.05, 3.63) is 48.5 Å². The second-order valence-corrected chi connectivity index (χ2v) is 8.04. The van der Waals surface area contributed by atoms with Crippen molar-refractivity contribution in [2.24, 2.45) is 0 Å². The number of nitrogens with zero attached hydrogens (tertiary/aromatic N) is 5. The monoisotopic (exact) mass is 418 g/mol. The Balaban J connectivity index is 1.35. The summed E-state index contributed by atoms with van der Waals surface area (Å²) in [5.41, 5.74) is 3.49. The molecule has 1 aliphatic carbocycles. The summed E-state index contributed by atoms with van der Waals surface area (Å²) in [5, 5.41) is 16.4. The maximum absolute atomic E-state index is 12.0. The van der Waals surface area contributed by atoms with E-state index in [0.717, 1.165) is 66.3 Å². The first-order chi connectivity index (χ1) is 15.2. The molecule has 1 aliphatic rings. The topological polar surface area (TPSA) is 85.8 Å². The molecule has 31 heavy (non-hydrogen) atoms. The smallest absolute Gasteiger partial charge is 0.220 e. The van der Waals surface area contributed by atoms with Gasteiger partial charge in [-0.05, 0) is 49.6 Å². The lowest BCUT2D eigenvalue weighted by Gasteiger charge is -2.05. The van der Waals surface area contributed by atoms with Crippen LogP contribution >= 0.6 is 0 Å². The Morgan fingerprint density at radius 1 is 1.19 bits per heavy atom. The number of nitrogens with one attached hydrogen (secondary N) is 1. The fraction of sp³-hybridized carbons (Fsp3) is 0.391. The van der Waals surface area contributed by atoms with Crippen molar-refractivity contribution in [1.29, 1.82) is 0 Å². The Hall–Kier alpha value is -3.42. The van der Waals surface area contributed by atoms with Crippen LogP contribution in [0.3, 0.4) is 0 Å². The first kappa shape index (κ1) is 19.5. The van der Waals surface area contributed by atoms with E-state index in [-0.39, 0.29) is 5.91 Å². The molecule has 8 nitrogen and oxygen atoms in total. The van der Waals surface area contributed by atoms with E-state index in [2.05, 4.69) is 22.4 Å². The Bertz CT molecular complexity index is 1210. The third-order valence-corrected chi connectivity index (χ3v) is 5.52. The second kappa shape index (κ2) is 8.37. The Kier molecular flexibility index (Phi) is 5.28. The molecule has 0 bridgehead atoms. The molecule has 1 aromatic carbocycles. The number of fused-ring (bicyclic) bond motifs is 3. The number of carbonyl (C=O) groups is 1. The van der Waals surface area contributed by atoms with Crippen LogP contribution in [0.2, 0.25) is 0 Å². The molecule has 1 fully saturated rings. The van der Waals surface area contributed by atoms with Crippen LogP contribution in [0.4, 0.5) is 0 Å². The fourth-order valence-corrected chi connectivity index (χ4v) is 3.58. The highest BCUT2D eigenvalue weighted by molar-refractivity contribution is 5.78. The van der Waals surface area contributed by atoms with Crippen molar-refractivity contribution in [1.82, 2.24) is 29.5 Å². The standard InChI is InChI=1S/C23H26N6O2/c1-2-3-14-31-18-8-4-16(5-9-18)19-15-20-23-26-25-21(28(23)12-13-29(20)27-19)10-11-22(30)24-17-6-7-17/h4-5,8-9,12-13,15,17H,2-3,6-7,10-11,14H2,1H3,(H,24,30). The van der Waals surface area contributed by atoms with Gasteiger partial charge in [0, 0.05) is 36.8 Å². The van der Waals surface area contributed by atoms with Gasteiger partial charge in [-0.1, -0.05) is 13.3 Å². The highest BCUT2D eigenvalue weighted by Crippen LogP contribution is 2.24. The number of aromatic nitrogens is 5. The molecule has 8 heteroatoms. The zero-order chi connectivity index (χ0) is 21.2. The van der Waals surface area contributed by atoms with Crippen LogP contribution in [-0.4, -0.2) is 42.8 Å². The third kappa shape index (κ3) is 4.23. The van der Waals surface area contributed by atoms with Crippen LogP contribution in [0.25, 0.3) is 22.4 Å². The van der Waals surface area contributed by atoms with Gasteiger partial charge in [0.2, 0.25) is 5.91 Å². The summed E-state index contributed by atoms with van der Waals surface area (Å²) in [6.45, 7) is 2.89. The maximum Gasteiger partial charge on any atom is 0.220 e. The minimum atomic E-state index is 0.0779. The molecule has 0 radical (unpaired) electrons. The lowest BCUT2D eigenvalue weighted by atomic mass is 10.1. The fourth-order valence-electron chi connectivity index (χ4n) is 3.58. The first-order valence-corrected chi connectivity index (χ1v) is 11.0. The van der Waals surface area contributed by atoms with Crippen LogP contribution < -0.4 is 10.1 Å². The number of unbranched alkanes of at least 4 members (excludes halogenated alkanes) is 1. The SMILES string of the molecule is CCCCOc1ccc(-c2cc3c4nnc(CCC(=O)NC5CC5)n4ccn3n2)cc1. The summed E-state index contributed by atoms with van der Waals surface area (Å²) < 4.78 is 9.50. The van der Waals surface area contributed by atoms with E-state index in [4.69, 9.17) is 9.84 Å². The molecule has 3 aromatic heterocycles. The van der Waals surface area contributed by atoms with Gasteiger partial charge in [0.15, 0.2) is 5.65 Å². The Labute approximate surface area is 180 Å². The zero-order valence-corrected chi connectivity index (χ0v) is 17.6. The van der Waals surface area contributed by atoms with Gasteiger partial charge in [0.1, 0.15) is 17.1 Å². The van der Waals surface area contributed by atoms with Gasteiger partial charge in [0.05, 0.1) is 12.3 Å². The molecule has 0 aliphatic heterocycles. The molecular weight excluding hydrogens is 392 g/mol. The first-order valence-electron chi connectivity index (χ1n) is 11.0. The van der Waals surface area contributed by atoms with Crippen LogP contribution in [0.1, 0.15) is 44.9 Å². The number of carbonyl (C=O) groups excluding carboxylic acids is 1. The molecule has 0 spiro atoms. The Morgan fingerprint density at radius 3 is 2.81 bits per heavy atom. The van der Waals surface area contributed by atoms with Gasteiger partial charge < -0.3 is 10.1 Å². The molecule has 160 valence electrons. The van der Waals surface area contributed by atoms with Crippen molar-refractivity contribution < 1.29 is 9.53 Å². The molecule has 1 N–H and O–H groups in total. The molecular formula is C23H26N6O2. The zero-order valence-electron chi connectivity index (χ0n) is 17.6. The van der Waals surface area contributed by atoms with Crippen LogP contribution in [0.15, 0.2) is 42.7 Å². The quantitative estimate of drug-likeness (QED) is 0.421. The average molecular weight is 419 g/mol. The van der Waals surface area contributed by atoms with Crippen molar-refractivity contribution >= 4 is 17.1 Å². The Morgan fingerprint density at radius 2 is 2.03 bits per heavy atom. The van der Waals surface area contributed by atoms with Crippen molar-refractivity contribution in [3.63, 3.8) is 0 Å². The van der Waals surface area contributed by atoms with Gasteiger partial charge >= 0.3 is 0 Å². The number of benzene rings is 1. The predicted molar refractivity (Wildman–Crippen MR) is 117 cm³/mol.